The van der Waals surface area contributed by atoms with E-state index in [1.54, 1.807) is 0 Å². The molecule has 0 unspecified atom stereocenters. The molecular weight excluding hydrogens is 856 g/mol. The standard InChI is InChI=1S/4C7H5NO4.Pb/c4*9-7(10)5-1-3-6(4-2-5)8(11)12;/h4*1-4H,(H,9,10);/p-4. The largest absolute Gasteiger partial charge is 0.545 e. The van der Waals surface area contributed by atoms with E-state index in [0.29, 0.717) is 0 Å². The summed E-state index contributed by atoms with van der Waals surface area (Å²) >= 11 is 0. The monoisotopic (exact) mass is 872 g/mol. The number of non-ortho nitro benzene ring substituents is 4. The van der Waals surface area contributed by atoms with E-state index in [4.69, 9.17) is 0 Å². The molecule has 0 atom stereocenters. The van der Waals surface area contributed by atoms with Crippen LogP contribution in [0.3, 0.4) is 0 Å². The van der Waals surface area contributed by atoms with Gasteiger partial charge in [-0.1, -0.05) is 0 Å². The van der Waals surface area contributed by atoms with Crippen molar-refractivity contribution in [3.63, 3.8) is 0 Å². The number of carboxylic acid groups (broad SMARTS) is 4. The number of nitro benzene ring substituents is 4. The molecule has 0 bridgehead atoms. The fraction of sp³-hybridized carbons (Fsp3) is 0. The fourth-order valence-corrected chi connectivity index (χ4v) is 2.88. The van der Waals surface area contributed by atoms with Crippen LogP contribution in [0.5, 0.6) is 0 Å². The second-order valence-corrected chi connectivity index (χ2v) is 8.37. The molecule has 4 rings (SSSR count). The summed E-state index contributed by atoms with van der Waals surface area (Å²) in [5, 5.41) is 81.3. The summed E-state index contributed by atoms with van der Waals surface area (Å²) < 4.78 is 0. The second-order valence-electron chi connectivity index (χ2n) is 8.37. The van der Waals surface area contributed by atoms with Crippen molar-refractivity contribution >= 4 is 73.9 Å². The van der Waals surface area contributed by atoms with Gasteiger partial charge in [0.1, 0.15) is 0 Å². The number of aromatic carboxylic acids is 4. The van der Waals surface area contributed by atoms with Gasteiger partial charge in [0.05, 0.1) is 43.6 Å². The number of hydrogen-bond donors (Lipinski definition) is 0. The molecule has 0 fully saturated rings. The molecule has 20 nitrogen and oxygen atoms in total. The molecule has 0 aliphatic rings. The molecule has 0 aromatic heterocycles. The van der Waals surface area contributed by atoms with E-state index in [9.17, 15) is 80.1 Å². The molecule has 0 heterocycles. The van der Waals surface area contributed by atoms with Gasteiger partial charge >= 0.3 is 0 Å². The van der Waals surface area contributed by atoms with Crippen molar-refractivity contribution in [1.82, 2.24) is 0 Å². The Morgan fingerprint density at radius 3 is 0.531 bits per heavy atom. The number of nitrogens with zero attached hydrogens (tertiary/aromatic N) is 4. The Morgan fingerprint density at radius 2 is 0.449 bits per heavy atom. The smallest absolute Gasteiger partial charge is 0.269 e. The number of rotatable bonds is 8. The quantitative estimate of drug-likeness (QED) is 0.122. The van der Waals surface area contributed by atoms with Crippen molar-refractivity contribution in [1.29, 1.82) is 0 Å². The van der Waals surface area contributed by atoms with Crippen LogP contribution in [0.1, 0.15) is 41.4 Å². The van der Waals surface area contributed by atoms with E-state index in [0.717, 1.165) is 97.1 Å². The Balaban J connectivity index is 0.000000623. The van der Waals surface area contributed by atoms with Crippen LogP contribution in [0, 0.1) is 40.5 Å². The molecule has 0 N–H and O–H groups in total. The maximum atomic E-state index is 10.2. The molecule has 49 heavy (non-hydrogen) atoms. The maximum absolute atomic E-state index is 10.2. The summed E-state index contributed by atoms with van der Waals surface area (Å²) in [4.78, 5) is 78.9. The third-order valence-electron chi connectivity index (χ3n) is 5.26. The van der Waals surface area contributed by atoms with Crippen LogP contribution in [-0.4, -0.2) is 70.9 Å². The molecule has 21 heteroatoms. The van der Waals surface area contributed by atoms with Crippen LogP contribution >= 0.6 is 0 Å². The first-order valence-electron chi connectivity index (χ1n) is 12.3. The predicted octanol–water partition coefficient (Wildman–Crippen LogP) is -0.548. The zero-order valence-corrected chi connectivity index (χ0v) is 27.9. The van der Waals surface area contributed by atoms with Gasteiger partial charge in [-0.05, 0) is 70.8 Å². The summed E-state index contributed by atoms with van der Waals surface area (Å²) in [6.07, 6.45) is 0. The molecule has 0 amide bonds. The van der Waals surface area contributed by atoms with Crippen molar-refractivity contribution < 1.29 is 59.3 Å². The van der Waals surface area contributed by atoms with Gasteiger partial charge in [0.15, 0.2) is 0 Å². The predicted molar refractivity (Wildman–Crippen MR) is 155 cm³/mol. The Labute approximate surface area is 292 Å². The summed E-state index contributed by atoms with van der Waals surface area (Å²) in [7, 11) is 0. The van der Waals surface area contributed by atoms with E-state index in [2.05, 4.69) is 0 Å². The van der Waals surface area contributed by atoms with E-state index in [1.165, 1.54) is 0 Å². The topological polar surface area (TPSA) is 333 Å². The van der Waals surface area contributed by atoms with E-state index in [1.807, 2.05) is 0 Å². The van der Waals surface area contributed by atoms with Crippen molar-refractivity contribution in [3.8, 4) is 0 Å². The van der Waals surface area contributed by atoms with Crippen LogP contribution in [0.4, 0.5) is 22.7 Å². The van der Waals surface area contributed by atoms with Crippen molar-refractivity contribution in [2.24, 2.45) is 0 Å². The van der Waals surface area contributed by atoms with Gasteiger partial charge in [-0.3, -0.25) is 40.5 Å². The molecule has 252 valence electrons. The molecule has 4 radical (unpaired) electrons. The molecule has 0 saturated heterocycles. The summed E-state index contributed by atoms with van der Waals surface area (Å²) in [5.74, 6) is -5.37. The summed E-state index contributed by atoms with van der Waals surface area (Å²) in [6, 6.07) is 18.0. The number of carbonyl (C=O) groups excluding carboxylic acids is 4. The molecular formula is C28H16N4O16Pb-4. The van der Waals surface area contributed by atoms with Gasteiger partial charge in [0.2, 0.25) is 0 Å². The van der Waals surface area contributed by atoms with Crippen LogP contribution in [0.15, 0.2) is 97.1 Å². The Kier molecular flexibility index (Phi) is 17.6. The average Bonchev–Trinajstić information content (AvgIpc) is 3.05. The van der Waals surface area contributed by atoms with Crippen molar-refractivity contribution in [2.75, 3.05) is 0 Å². The van der Waals surface area contributed by atoms with Gasteiger partial charge in [-0.25, -0.2) is 0 Å². The number of hydrogen-bond acceptors (Lipinski definition) is 16. The Bertz CT molecular complexity index is 1410. The molecule has 4 aromatic rings. The third-order valence-corrected chi connectivity index (χ3v) is 5.26. The van der Waals surface area contributed by atoms with E-state index >= 15 is 0 Å². The number of nitro groups is 4. The van der Waals surface area contributed by atoms with Crippen LogP contribution < -0.4 is 20.4 Å². The maximum Gasteiger partial charge on any atom is 0.269 e. The average molecular weight is 872 g/mol. The van der Waals surface area contributed by atoms with E-state index < -0.39 is 43.6 Å². The van der Waals surface area contributed by atoms with E-state index in [-0.39, 0.29) is 72.3 Å². The summed E-state index contributed by atoms with van der Waals surface area (Å²) in [5.41, 5.74) is -0.831. The Hall–Kier alpha value is -6.72. The number of benzene rings is 4. The van der Waals surface area contributed by atoms with Crippen LogP contribution in [0.2, 0.25) is 0 Å². The number of carboxylic acids is 4. The first-order chi connectivity index (χ1) is 22.4. The zero-order chi connectivity index (χ0) is 36.6. The molecule has 0 spiro atoms. The minimum Gasteiger partial charge on any atom is -0.545 e. The minimum atomic E-state index is -1.34. The molecule has 0 aliphatic heterocycles. The van der Waals surface area contributed by atoms with Crippen LogP contribution in [0.25, 0.3) is 0 Å². The SMILES string of the molecule is O=C([O-])c1ccc([N+](=O)[O-])cc1.O=C([O-])c1ccc([N+](=O)[O-])cc1.O=C([O-])c1ccc([N+](=O)[O-])cc1.O=C([O-])c1ccc([N+](=O)[O-])cc1.[Pb]. The van der Waals surface area contributed by atoms with Crippen molar-refractivity contribution in [2.45, 2.75) is 0 Å². The number of carbonyl (C=O) groups is 4. The third kappa shape index (κ3) is 14.9. The molecule has 0 saturated carbocycles. The first kappa shape index (κ1) is 42.3. The van der Waals surface area contributed by atoms with Gasteiger partial charge in [-0.2, -0.15) is 0 Å². The Morgan fingerprint density at radius 1 is 0.327 bits per heavy atom. The van der Waals surface area contributed by atoms with Gasteiger partial charge in [-0.15, -0.1) is 0 Å². The van der Waals surface area contributed by atoms with Crippen molar-refractivity contribution in [3.05, 3.63) is 160 Å². The summed E-state index contributed by atoms with van der Waals surface area (Å²) in [6.45, 7) is 0. The van der Waals surface area contributed by atoms with Gasteiger partial charge in [0, 0.05) is 75.8 Å². The minimum absolute atomic E-state index is 0. The molecule has 4 aromatic carbocycles. The first-order valence-corrected chi connectivity index (χ1v) is 12.3. The van der Waals surface area contributed by atoms with Gasteiger partial charge < -0.3 is 39.6 Å². The van der Waals surface area contributed by atoms with Crippen LogP contribution in [-0.2, 0) is 0 Å². The zero-order valence-electron chi connectivity index (χ0n) is 24.1. The normalized spacial score (nSPS) is 9.14. The second kappa shape index (κ2) is 20.4. The molecule has 0 aliphatic carbocycles. The van der Waals surface area contributed by atoms with Gasteiger partial charge in [0.25, 0.3) is 22.7 Å². The fourth-order valence-electron chi connectivity index (χ4n) is 2.88.